The summed E-state index contributed by atoms with van der Waals surface area (Å²) in [5.41, 5.74) is -0.610. The molecular formula is C16H22F2N2O4S. The molecule has 0 unspecified atom stereocenters. The fourth-order valence-corrected chi connectivity index (χ4v) is 3.98. The Balaban J connectivity index is 1.97. The van der Waals surface area contributed by atoms with Gasteiger partial charge < -0.3 is 10.1 Å². The molecule has 0 aliphatic carbocycles. The summed E-state index contributed by atoms with van der Waals surface area (Å²) in [5, 5.41) is 2.71. The molecule has 6 nitrogen and oxygen atoms in total. The maximum atomic E-state index is 13.3. The average Bonchev–Trinajstić information content (AvgIpc) is 2.48. The Morgan fingerprint density at radius 1 is 1.20 bits per heavy atom. The van der Waals surface area contributed by atoms with Crippen molar-refractivity contribution in [2.75, 3.05) is 13.1 Å². The number of rotatable bonds is 3. The predicted octanol–water partition coefficient (Wildman–Crippen LogP) is 2.64. The van der Waals surface area contributed by atoms with Crippen LogP contribution in [0.1, 0.15) is 33.6 Å². The van der Waals surface area contributed by atoms with Gasteiger partial charge >= 0.3 is 6.09 Å². The molecule has 9 heteroatoms. The molecule has 25 heavy (non-hydrogen) atoms. The topological polar surface area (TPSA) is 75.7 Å². The van der Waals surface area contributed by atoms with Crippen molar-refractivity contribution >= 4 is 16.1 Å². The monoisotopic (exact) mass is 376 g/mol. The molecular weight excluding hydrogens is 354 g/mol. The molecule has 0 bridgehead atoms. The zero-order valence-corrected chi connectivity index (χ0v) is 15.2. The van der Waals surface area contributed by atoms with Crippen molar-refractivity contribution in [1.82, 2.24) is 9.62 Å². The highest BCUT2D eigenvalue weighted by molar-refractivity contribution is 7.89. The number of amides is 1. The van der Waals surface area contributed by atoms with Crippen molar-refractivity contribution in [3.8, 4) is 0 Å². The molecule has 1 aromatic carbocycles. The first-order chi connectivity index (χ1) is 11.5. The van der Waals surface area contributed by atoms with Crippen molar-refractivity contribution in [1.29, 1.82) is 0 Å². The Labute approximate surface area is 146 Å². The summed E-state index contributed by atoms with van der Waals surface area (Å²) in [7, 11) is -3.90. The molecule has 1 heterocycles. The third-order valence-electron chi connectivity index (χ3n) is 3.70. The van der Waals surface area contributed by atoms with Gasteiger partial charge in [0.25, 0.3) is 0 Å². The minimum atomic E-state index is -3.90. The van der Waals surface area contributed by atoms with Crippen molar-refractivity contribution in [2.45, 2.75) is 50.2 Å². The number of hydrogen-bond donors (Lipinski definition) is 1. The lowest BCUT2D eigenvalue weighted by atomic mass is 10.1. The Morgan fingerprint density at radius 2 is 1.80 bits per heavy atom. The third-order valence-corrected chi connectivity index (χ3v) is 5.60. The average molecular weight is 376 g/mol. The van der Waals surface area contributed by atoms with E-state index in [9.17, 15) is 22.0 Å². The minimum absolute atomic E-state index is 0.168. The van der Waals surface area contributed by atoms with Crippen LogP contribution in [0.3, 0.4) is 0 Å². The van der Waals surface area contributed by atoms with Gasteiger partial charge in [-0.3, -0.25) is 0 Å². The minimum Gasteiger partial charge on any atom is -0.444 e. The van der Waals surface area contributed by atoms with Crippen LogP contribution in [0, 0.1) is 11.6 Å². The highest BCUT2D eigenvalue weighted by Crippen LogP contribution is 2.22. The summed E-state index contributed by atoms with van der Waals surface area (Å²) in [6.07, 6.45) is 0.263. The normalized spacial score (nSPS) is 17.3. The van der Waals surface area contributed by atoms with E-state index in [-0.39, 0.29) is 24.0 Å². The molecule has 0 spiro atoms. The maximum Gasteiger partial charge on any atom is 0.407 e. The van der Waals surface area contributed by atoms with E-state index in [1.807, 2.05) is 0 Å². The highest BCUT2D eigenvalue weighted by Gasteiger charge is 2.31. The lowest BCUT2D eigenvalue weighted by molar-refractivity contribution is 0.0489. The van der Waals surface area contributed by atoms with E-state index in [0.717, 1.165) is 12.1 Å². The summed E-state index contributed by atoms with van der Waals surface area (Å²) < 4.78 is 57.6. The van der Waals surface area contributed by atoms with E-state index in [0.29, 0.717) is 18.9 Å². The first-order valence-electron chi connectivity index (χ1n) is 7.94. The van der Waals surface area contributed by atoms with Gasteiger partial charge in [-0.15, -0.1) is 0 Å². The van der Waals surface area contributed by atoms with Crippen molar-refractivity contribution < 1.29 is 26.7 Å². The Bertz CT molecular complexity index is 739. The van der Waals surface area contributed by atoms with Crippen LogP contribution in [0.2, 0.25) is 0 Å². The molecule has 1 fully saturated rings. The van der Waals surface area contributed by atoms with Crippen LogP contribution in [0.15, 0.2) is 23.1 Å². The molecule has 140 valence electrons. The largest absolute Gasteiger partial charge is 0.444 e. The number of alkyl carbamates (subject to hydrolysis) is 1. The lowest BCUT2D eigenvalue weighted by Gasteiger charge is -2.32. The van der Waals surface area contributed by atoms with Gasteiger partial charge in [-0.2, -0.15) is 4.31 Å². The van der Waals surface area contributed by atoms with Crippen molar-refractivity contribution in [3.63, 3.8) is 0 Å². The van der Waals surface area contributed by atoms with Crippen molar-refractivity contribution in [2.24, 2.45) is 0 Å². The van der Waals surface area contributed by atoms with Crippen LogP contribution in [-0.4, -0.2) is 43.5 Å². The second-order valence-corrected chi connectivity index (χ2v) is 8.84. The number of halogens is 2. The summed E-state index contributed by atoms with van der Waals surface area (Å²) in [6, 6.07) is 2.30. The summed E-state index contributed by atoms with van der Waals surface area (Å²) in [4.78, 5) is 11.5. The third kappa shape index (κ3) is 5.12. The molecule has 1 saturated heterocycles. The van der Waals surface area contributed by atoms with Crippen molar-refractivity contribution in [3.05, 3.63) is 29.8 Å². The van der Waals surface area contributed by atoms with Crippen LogP contribution >= 0.6 is 0 Å². The van der Waals surface area contributed by atoms with Gasteiger partial charge in [0.2, 0.25) is 10.0 Å². The molecule has 1 aliphatic heterocycles. The van der Waals surface area contributed by atoms with Gasteiger partial charge in [-0.1, -0.05) is 0 Å². The number of piperidine rings is 1. The SMILES string of the molecule is CC(C)(C)OC(=O)NC1CCN(S(=O)(=O)c2ccc(F)c(F)c2)CC1. The molecule has 2 rings (SSSR count). The van der Waals surface area contributed by atoms with Gasteiger partial charge in [0, 0.05) is 19.1 Å². The molecule has 0 atom stereocenters. The Kier molecular flexibility index (Phi) is 5.68. The van der Waals surface area contributed by atoms with E-state index in [1.54, 1.807) is 20.8 Å². The van der Waals surface area contributed by atoms with E-state index >= 15 is 0 Å². The molecule has 1 aliphatic rings. The number of carbonyl (C=O) groups is 1. The van der Waals surface area contributed by atoms with Crippen LogP contribution in [0.5, 0.6) is 0 Å². The van der Waals surface area contributed by atoms with Gasteiger partial charge in [0.1, 0.15) is 5.60 Å². The van der Waals surface area contributed by atoms with Crippen LogP contribution in [0.4, 0.5) is 13.6 Å². The van der Waals surface area contributed by atoms with Gasteiger partial charge in [-0.05, 0) is 51.8 Å². The van der Waals surface area contributed by atoms with Crippen LogP contribution in [0.25, 0.3) is 0 Å². The smallest absolute Gasteiger partial charge is 0.407 e. The molecule has 0 saturated carbocycles. The van der Waals surface area contributed by atoms with Crippen LogP contribution < -0.4 is 5.32 Å². The zero-order valence-electron chi connectivity index (χ0n) is 14.4. The second kappa shape index (κ2) is 7.25. The molecule has 1 N–H and O–H groups in total. The second-order valence-electron chi connectivity index (χ2n) is 6.90. The molecule has 0 radical (unpaired) electrons. The zero-order chi connectivity index (χ0) is 18.8. The highest BCUT2D eigenvalue weighted by atomic mass is 32.2. The first-order valence-corrected chi connectivity index (χ1v) is 9.38. The van der Waals surface area contributed by atoms with Gasteiger partial charge in [0.15, 0.2) is 11.6 Å². The van der Waals surface area contributed by atoms with E-state index in [2.05, 4.69) is 5.32 Å². The Morgan fingerprint density at radius 3 is 2.32 bits per heavy atom. The van der Waals surface area contributed by atoms with Gasteiger partial charge in [-0.25, -0.2) is 22.0 Å². The van der Waals surface area contributed by atoms with E-state index in [4.69, 9.17) is 4.74 Å². The first kappa shape index (κ1) is 19.6. The Hall–Kier alpha value is -1.74. The summed E-state index contributed by atoms with van der Waals surface area (Å²) >= 11 is 0. The molecule has 1 aromatic rings. The van der Waals surface area contributed by atoms with Gasteiger partial charge in [0.05, 0.1) is 4.90 Å². The van der Waals surface area contributed by atoms with E-state index in [1.165, 1.54) is 4.31 Å². The molecule has 0 aromatic heterocycles. The predicted molar refractivity (Wildman–Crippen MR) is 87.5 cm³/mol. The summed E-state index contributed by atoms with van der Waals surface area (Å²) in [6.45, 7) is 5.60. The number of sulfonamides is 1. The fourth-order valence-electron chi connectivity index (χ4n) is 2.50. The number of nitrogens with one attached hydrogen (secondary N) is 1. The lowest BCUT2D eigenvalue weighted by Crippen LogP contribution is -2.47. The van der Waals surface area contributed by atoms with Crippen LogP contribution in [-0.2, 0) is 14.8 Å². The fraction of sp³-hybridized carbons (Fsp3) is 0.562. The summed E-state index contributed by atoms with van der Waals surface area (Å²) in [5.74, 6) is -2.30. The maximum absolute atomic E-state index is 13.3. The number of nitrogens with zero attached hydrogens (tertiary/aromatic N) is 1. The van der Waals surface area contributed by atoms with E-state index < -0.39 is 33.4 Å². The standard InChI is InChI=1S/C16H22F2N2O4S/c1-16(2,3)24-15(21)19-11-6-8-20(9-7-11)25(22,23)12-4-5-13(17)14(18)10-12/h4-5,10-11H,6-9H2,1-3H3,(H,19,21). The molecule has 1 amide bonds. The number of benzene rings is 1. The quantitative estimate of drug-likeness (QED) is 0.880. The number of ether oxygens (including phenoxy) is 1. The number of hydrogen-bond acceptors (Lipinski definition) is 4. The number of carbonyl (C=O) groups excluding carboxylic acids is 1.